The number of nitrogens with one attached hydrogen (secondary N) is 1. The first-order chi connectivity index (χ1) is 15.5. The van der Waals surface area contributed by atoms with E-state index in [-0.39, 0.29) is 35.9 Å². The molecule has 2 rings (SSSR count). The van der Waals surface area contributed by atoms with Crippen molar-refractivity contribution in [3.05, 3.63) is 17.9 Å². The number of methoxy groups -OCH3 is 1. The fraction of sp³-hybridized carbons (Fsp3) is 0.609. The van der Waals surface area contributed by atoms with Crippen LogP contribution in [-0.4, -0.2) is 73.2 Å². The molecule has 178 valence electrons. The Hall–Kier alpha value is -2.49. The van der Waals surface area contributed by atoms with Gasteiger partial charge in [-0.1, -0.05) is 13.8 Å². The average molecular weight is 450 g/mol. The summed E-state index contributed by atoms with van der Waals surface area (Å²) in [7, 11) is 1.58. The number of aliphatic hydroxyl groups excluding tert-OH is 1. The van der Waals surface area contributed by atoms with Crippen LogP contribution < -0.4 is 10.1 Å². The molecule has 0 saturated carbocycles. The normalized spacial score (nSPS) is 13.3. The number of amides is 1. The molecule has 0 bridgehead atoms. The monoisotopic (exact) mass is 449 g/mol. The van der Waals surface area contributed by atoms with Gasteiger partial charge in [-0.3, -0.25) is 14.5 Å². The highest BCUT2D eigenvalue weighted by Gasteiger charge is 2.24. The predicted octanol–water partition coefficient (Wildman–Crippen LogP) is 3.11. The van der Waals surface area contributed by atoms with Crippen molar-refractivity contribution in [1.29, 1.82) is 0 Å². The second kappa shape index (κ2) is 13.1. The van der Waals surface area contributed by atoms with Gasteiger partial charge < -0.3 is 24.3 Å². The molecule has 2 N–H and O–H groups in total. The zero-order valence-corrected chi connectivity index (χ0v) is 19.4. The third-order valence-corrected chi connectivity index (χ3v) is 5.64. The summed E-state index contributed by atoms with van der Waals surface area (Å²) in [5.41, 5.74) is 1.03. The molecule has 0 aliphatic heterocycles. The maximum Gasteiger partial charge on any atom is 0.227 e. The van der Waals surface area contributed by atoms with Crippen LogP contribution in [0.15, 0.2) is 16.5 Å². The molecule has 0 aromatic carbocycles. The van der Waals surface area contributed by atoms with Gasteiger partial charge in [0.15, 0.2) is 17.6 Å². The van der Waals surface area contributed by atoms with Gasteiger partial charge in [-0.15, -0.1) is 0 Å². The van der Waals surface area contributed by atoms with Gasteiger partial charge in [0.2, 0.25) is 11.8 Å². The molecule has 0 fully saturated rings. The Morgan fingerprint density at radius 1 is 1.31 bits per heavy atom. The summed E-state index contributed by atoms with van der Waals surface area (Å²) in [5, 5.41) is 12.1. The maximum atomic E-state index is 13.0. The summed E-state index contributed by atoms with van der Waals surface area (Å²) in [4.78, 5) is 31.2. The molecule has 2 aromatic heterocycles. The van der Waals surface area contributed by atoms with Gasteiger partial charge in [-0.2, -0.15) is 0 Å². The van der Waals surface area contributed by atoms with E-state index in [1.165, 1.54) is 0 Å². The van der Waals surface area contributed by atoms with Crippen molar-refractivity contribution in [1.82, 2.24) is 9.88 Å². The highest BCUT2D eigenvalue weighted by atomic mass is 16.5. The third kappa shape index (κ3) is 6.75. The van der Waals surface area contributed by atoms with Crippen LogP contribution in [-0.2, 0) is 9.53 Å². The summed E-state index contributed by atoms with van der Waals surface area (Å²) in [6.45, 7) is 8.44. The Balaban J connectivity index is 2.14. The standard InChI is InChI=1S/C23H35N3O6/c1-5-17(8-7-16(3)26(6-2)11-12-27)23(29)25-22-19(15-28)32-18-9-10-20(24-21(18)22)31-14-13-30-4/h9-10,15-17,27H,5-8,11-14H2,1-4H3,(H,25,29)/t16?,17-/m1/s1. The third-order valence-electron chi connectivity index (χ3n) is 5.64. The second-order valence-electron chi connectivity index (χ2n) is 7.67. The predicted molar refractivity (Wildman–Crippen MR) is 122 cm³/mol. The highest BCUT2D eigenvalue weighted by Crippen LogP contribution is 2.31. The van der Waals surface area contributed by atoms with Crippen molar-refractivity contribution >= 4 is 29.0 Å². The van der Waals surface area contributed by atoms with E-state index in [0.29, 0.717) is 55.9 Å². The van der Waals surface area contributed by atoms with Crippen LogP contribution >= 0.6 is 0 Å². The largest absolute Gasteiger partial charge is 0.475 e. The number of anilines is 1. The lowest BCUT2D eigenvalue weighted by Gasteiger charge is -2.28. The number of rotatable bonds is 15. The molecular weight excluding hydrogens is 414 g/mol. The molecule has 32 heavy (non-hydrogen) atoms. The Kier molecular flexibility index (Phi) is 10.6. The Morgan fingerprint density at radius 2 is 2.09 bits per heavy atom. The topological polar surface area (TPSA) is 114 Å². The number of furan rings is 1. The van der Waals surface area contributed by atoms with Crippen LogP contribution in [0.4, 0.5) is 5.69 Å². The molecule has 1 unspecified atom stereocenters. The molecule has 0 saturated heterocycles. The number of aliphatic hydroxyl groups is 1. The van der Waals surface area contributed by atoms with Gasteiger partial charge in [0, 0.05) is 31.7 Å². The molecule has 0 aliphatic rings. The summed E-state index contributed by atoms with van der Waals surface area (Å²) in [6.07, 6.45) is 2.74. The smallest absolute Gasteiger partial charge is 0.227 e. The first-order valence-electron chi connectivity index (χ1n) is 11.1. The van der Waals surface area contributed by atoms with Gasteiger partial charge in [-0.05, 0) is 38.8 Å². The van der Waals surface area contributed by atoms with Crippen molar-refractivity contribution in [3.63, 3.8) is 0 Å². The van der Waals surface area contributed by atoms with E-state index in [2.05, 4.69) is 29.0 Å². The number of carbonyl (C=O) groups is 2. The molecular formula is C23H35N3O6. The van der Waals surface area contributed by atoms with E-state index in [4.69, 9.17) is 13.9 Å². The number of aromatic nitrogens is 1. The van der Waals surface area contributed by atoms with Gasteiger partial charge in [-0.25, -0.2) is 4.98 Å². The van der Waals surface area contributed by atoms with Crippen molar-refractivity contribution in [2.24, 2.45) is 5.92 Å². The zero-order valence-electron chi connectivity index (χ0n) is 19.4. The van der Waals surface area contributed by atoms with Crippen molar-refractivity contribution in [2.45, 2.75) is 46.1 Å². The number of hydrogen-bond acceptors (Lipinski definition) is 8. The number of hydrogen-bond donors (Lipinski definition) is 2. The van der Waals surface area contributed by atoms with Crippen LogP contribution in [0.2, 0.25) is 0 Å². The quantitative estimate of drug-likeness (QED) is 0.315. The minimum absolute atomic E-state index is 0.0261. The fourth-order valence-electron chi connectivity index (χ4n) is 3.68. The maximum absolute atomic E-state index is 13.0. The lowest BCUT2D eigenvalue weighted by Crippen LogP contribution is -2.36. The molecule has 0 spiro atoms. The second-order valence-corrected chi connectivity index (χ2v) is 7.67. The lowest BCUT2D eigenvalue weighted by molar-refractivity contribution is -0.120. The van der Waals surface area contributed by atoms with Crippen LogP contribution in [0.25, 0.3) is 11.1 Å². The lowest BCUT2D eigenvalue weighted by atomic mass is 9.96. The Bertz CT molecular complexity index is 869. The van der Waals surface area contributed by atoms with E-state index in [1.807, 2.05) is 6.92 Å². The molecule has 0 aliphatic carbocycles. The Labute approximate surface area is 189 Å². The molecule has 9 heteroatoms. The number of carbonyl (C=O) groups excluding carboxylic acids is 2. The summed E-state index contributed by atoms with van der Waals surface area (Å²) in [5.74, 6) is -0.0231. The van der Waals surface area contributed by atoms with E-state index in [9.17, 15) is 14.7 Å². The van der Waals surface area contributed by atoms with Gasteiger partial charge in [0.25, 0.3) is 0 Å². The molecule has 9 nitrogen and oxygen atoms in total. The fourth-order valence-corrected chi connectivity index (χ4v) is 3.68. The van der Waals surface area contributed by atoms with Crippen LogP contribution in [0.3, 0.4) is 0 Å². The van der Waals surface area contributed by atoms with Crippen molar-refractivity contribution in [2.75, 3.05) is 45.3 Å². The van der Waals surface area contributed by atoms with E-state index >= 15 is 0 Å². The van der Waals surface area contributed by atoms with Gasteiger partial charge >= 0.3 is 0 Å². The minimum Gasteiger partial charge on any atom is -0.475 e. The van der Waals surface area contributed by atoms with Gasteiger partial charge in [0.05, 0.1) is 13.2 Å². The number of likely N-dealkylation sites (N-methyl/N-ethyl adjacent to an activating group) is 1. The van der Waals surface area contributed by atoms with Crippen LogP contribution in [0.5, 0.6) is 5.88 Å². The van der Waals surface area contributed by atoms with Crippen molar-refractivity contribution in [3.8, 4) is 5.88 Å². The number of pyridine rings is 1. The van der Waals surface area contributed by atoms with Crippen LogP contribution in [0.1, 0.15) is 50.6 Å². The van der Waals surface area contributed by atoms with E-state index in [0.717, 1.165) is 13.0 Å². The van der Waals surface area contributed by atoms with Crippen LogP contribution in [0, 0.1) is 5.92 Å². The summed E-state index contributed by atoms with van der Waals surface area (Å²) < 4.78 is 16.1. The minimum atomic E-state index is -0.226. The van der Waals surface area contributed by atoms with E-state index in [1.54, 1.807) is 19.2 Å². The SMILES string of the molecule is CC[C@H](CCC(C)N(CC)CCO)C(=O)Nc1c(C=O)oc2ccc(OCCOC)nc12. The zero-order chi connectivity index (χ0) is 23.5. The Morgan fingerprint density at radius 3 is 2.72 bits per heavy atom. The highest BCUT2D eigenvalue weighted by molar-refractivity contribution is 6.05. The number of ether oxygens (including phenoxy) is 2. The molecule has 2 heterocycles. The molecule has 1 amide bonds. The molecule has 2 aromatic rings. The number of fused-ring (bicyclic) bond motifs is 1. The first-order valence-corrected chi connectivity index (χ1v) is 11.1. The van der Waals surface area contributed by atoms with Crippen molar-refractivity contribution < 1.29 is 28.6 Å². The number of aldehydes is 1. The van der Waals surface area contributed by atoms with E-state index < -0.39 is 0 Å². The molecule has 0 radical (unpaired) electrons. The molecule has 2 atom stereocenters. The first kappa shape index (κ1) is 25.8. The average Bonchev–Trinajstić information content (AvgIpc) is 3.14. The van der Waals surface area contributed by atoms with Gasteiger partial charge in [0.1, 0.15) is 17.8 Å². The summed E-state index contributed by atoms with van der Waals surface area (Å²) >= 11 is 0. The summed E-state index contributed by atoms with van der Waals surface area (Å²) in [6, 6.07) is 3.55. The number of nitrogens with zero attached hydrogens (tertiary/aromatic N) is 2.